The minimum absolute atomic E-state index is 0.0609. The average molecular weight is 396 g/mol. The first-order chi connectivity index (χ1) is 12.1. The molecule has 0 unspecified atom stereocenters. The van der Waals surface area contributed by atoms with Gasteiger partial charge in [0.05, 0.1) is 17.4 Å². The normalized spacial score (nSPS) is 10.3. The van der Waals surface area contributed by atoms with Crippen molar-refractivity contribution in [3.05, 3.63) is 88.7 Å². The van der Waals surface area contributed by atoms with Crippen LogP contribution in [0.25, 0.3) is 0 Å². The molecule has 1 heterocycles. The Morgan fingerprint density at radius 3 is 2.60 bits per heavy atom. The summed E-state index contributed by atoms with van der Waals surface area (Å²) in [6.45, 7) is 0.558. The molecule has 1 N–H and O–H groups in total. The lowest BCUT2D eigenvalue weighted by Gasteiger charge is -2.17. The molecule has 3 rings (SSSR count). The van der Waals surface area contributed by atoms with E-state index in [4.69, 9.17) is 0 Å². The van der Waals surface area contributed by atoms with Crippen LogP contribution in [0.1, 0.15) is 15.9 Å². The smallest absolute Gasteiger partial charge is 0.255 e. The Hall–Kier alpha value is -2.66. The Balaban J connectivity index is 1.73. The number of nitrogens with zero attached hydrogens (tertiary/aromatic N) is 2. The van der Waals surface area contributed by atoms with E-state index in [1.807, 2.05) is 60.7 Å². The SMILES string of the molecule is CN(Cc1ccccc1)C(=O)c1cncc(Nc2cccc(Br)c2)c1. The van der Waals surface area contributed by atoms with Crippen molar-refractivity contribution < 1.29 is 4.79 Å². The molecule has 25 heavy (non-hydrogen) atoms. The van der Waals surface area contributed by atoms with Crippen LogP contribution in [0.4, 0.5) is 11.4 Å². The first kappa shape index (κ1) is 17.2. The molecule has 3 aromatic rings. The topological polar surface area (TPSA) is 45.2 Å². The summed E-state index contributed by atoms with van der Waals surface area (Å²) in [7, 11) is 1.80. The Morgan fingerprint density at radius 1 is 1.04 bits per heavy atom. The average Bonchev–Trinajstić information content (AvgIpc) is 2.62. The molecule has 2 aromatic carbocycles. The van der Waals surface area contributed by atoms with Gasteiger partial charge in [-0.3, -0.25) is 9.78 Å². The van der Waals surface area contributed by atoms with E-state index in [1.54, 1.807) is 24.3 Å². The van der Waals surface area contributed by atoms with Gasteiger partial charge >= 0.3 is 0 Å². The van der Waals surface area contributed by atoms with E-state index < -0.39 is 0 Å². The monoisotopic (exact) mass is 395 g/mol. The Kier molecular flexibility index (Phi) is 5.46. The van der Waals surface area contributed by atoms with Gasteiger partial charge < -0.3 is 10.2 Å². The number of halogens is 1. The molecule has 0 saturated carbocycles. The van der Waals surface area contributed by atoms with E-state index in [0.29, 0.717) is 12.1 Å². The number of amides is 1. The number of nitrogens with one attached hydrogen (secondary N) is 1. The fourth-order valence-corrected chi connectivity index (χ4v) is 2.91. The molecule has 5 heteroatoms. The summed E-state index contributed by atoms with van der Waals surface area (Å²) in [6, 6.07) is 19.6. The third-order valence-electron chi connectivity index (χ3n) is 3.71. The van der Waals surface area contributed by atoms with Crippen molar-refractivity contribution in [2.45, 2.75) is 6.54 Å². The zero-order chi connectivity index (χ0) is 17.6. The summed E-state index contributed by atoms with van der Waals surface area (Å²) in [5.74, 6) is -0.0609. The number of pyridine rings is 1. The second-order valence-electron chi connectivity index (χ2n) is 5.74. The van der Waals surface area contributed by atoms with E-state index in [1.165, 1.54) is 0 Å². The second kappa shape index (κ2) is 7.94. The highest BCUT2D eigenvalue weighted by Crippen LogP contribution is 2.21. The number of benzene rings is 2. The summed E-state index contributed by atoms with van der Waals surface area (Å²) in [5.41, 5.74) is 3.35. The number of hydrogen-bond acceptors (Lipinski definition) is 3. The fourth-order valence-electron chi connectivity index (χ4n) is 2.51. The minimum atomic E-state index is -0.0609. The Bertz CT molecular complexity index is 868. The first-order valence-corrected chi connectivity index (χ1v) is 8.68. The van der Waals surface area contributed by atoms with E-state index in [0.717, 1.165) is 21.4 Å². The van der Waals surface area contributed by atoms with Crippen molar-refractivity contribution in [1.29, 1.82) is 0 Å². The number of carbonyl (C=O) groups is 1. The molecule has 0 radical (unpaired) electrons. The summed E-state index contributed by atoms with van der Waals surface area (Å²) in [5, 5.41) is 3.27. The van der Waals surface area contributed by atoms with Crippen molar-refractivity contribution in [3.8, 4) is 0 Å². The van der Waals surface area contributed by atoms with Gasteiger partial charge in [-0.05, 0) is 29.8 Å². The number of carbonyl (C=O) groups excluding carboxylic acids is 1. The summed E-state index contributed by atoms with van der Waals surface area (Å²) in [6.07, 6.45) is 3.30. The van der Waals surface area contributed by atoms with Gasteiger partial charge in [0.25, 0.3) is 5.91 Å². The second-order valence-corrected chi connectivity index (χ2v) is 6.66. The van der Waals surface area contributed by atoms with Crippen LogP contribution >= 0.6 is 15.9 Å². The molecule has 0 spiro atoms. The number of rotatable bonds is 5. The number of anilines is 2. The predicted molar refractivity (Wildman–Crippen MR) is 104 cm³/mol. The highest BCUT2D eigenvalue weighted by molar-refractivity contribution is 9.10. The van der Waals surface area contributed by atoms with Crippen LogP contribution in [0.5, 0.6) is 0 Å². The van der Waals surface area contributed by atoms with Crippen molar-refractivity contribution in [2.75, 3.05) is 12.4 Å². The van der Waals surface area contributed by atoms with E-state index in [2.05, 4.69) is 26.2 Å². The van der Waals surface area contributed by atoms with Gasteiger partial charge in [0.1, 0.15) is 0 Å². The molecule has 0 aliphatic carbocycles. The van der Waals surface area contributed by atoms with Gasteiger partial charge in [-0.25, -0.2) is 0 Å². The van der Waals surface area contributed by atoms with Gasteiger partial charge in [-0.2, -0.15) is 0 Å². The van der Waals surface area contributed by atoms with Crippen LogP contribution in [-0.2, 0) is 6.54 Å². The Labute approximate surface area is 155 Å². The maximum Gasteiger partial charge on any atom is 0.255 e. The first-order valence-electron chi connectivity index (χ1n) is 7.89. The number of hydrogen-bond donors (Lipinski definition) is 1. The molecular formula is C20H18BrN3O. The minimum Gasteiger partial charge on any atom is -0.354 e. The summed E-state index contributed by atoms with van der Waals surface area (Å²) < 4.78 is 0.986. The molecule has 126 valence electrons. The number of aromatic nitrogens is 1. The molecular weight excluding hydrogens is 378 g/mol. The molecule has 0 aliphatic heterocycles. The van der Waals surface area contributed by atoms with Crippen molar-refractivity contribution in [3.63, 3.8) is 0 Å². The molecule has 0 fully saturated rings. The molecule has 1 amide bonds. The third-order valence-corrected chi connectivity index (χ3v) is 4.20. The fraction of sp³-hybridized carbons (Fsp3) is 0.100. The Morgan fingerprint density at radius 2 is 1.84 bits per heavy atom. The lowest BCUT2D eigenvalue weighted by atomic mass is 10.2. The van der Waals surface area contributed by atoms with Crippen LogP contribution in [0.3, 0.4) is 0 Å². The molecule has 0 aliphatic rings. The van der Waals surface area contributed by atoms with Crippen LogP contribution in [0.2, 0.25) is 0 Å². The third kappa shape index (κ3) is 4.67. The quantitative estimate of drug-likeness (QED) is 0.670. The lowest BCUT2D eigenvalue weighted by molar-refractivity contribution is 0.0784. The maximum atomic E-state index is 12.7. The van der Waals surface area contributed by atoms with E-state index in [-0.39, 0.29) is 5.91 Å². The van der Waals surface area contributed by atoms with Gasteiger partial charge in [-0.1, -0.05) is 52.3 Å². The molecule has 0 bridgehead atoms. The standard InChI is InChI=1S/C20H18BrN3O/c1-24(14-15-6-3-2-4-7-15)20(25)16-10-19(13-22-12-16)23-18-9-5-8-17(21)11-18/h2-13,23H,14H2,1H3. The molecule has 4 nitrogen and oxygen atoms in total. The van der Waals surface area contributed by atoms with Crippen LogP contribution in [0.15, 0.2) is 77.5 Å². The molecule has 1 aromatic heterocycles. The van der Waals surface area contributed by atoms with E-state index in [9.17, 15) is 4.79 Å². The largest absolute Gasteiger partial charge is 0.354 e. The van der Waals surface area contributed by atoms with Crippen molar-refractivity contribution >= 4 is 33.2 Å². The zero-order valence-corrected chi connectivity index (χ0v) is 15.4. The highest BCUT2D eigenvalue weighted by Gasteiger charge is 2.13. The van der Waals surface area contributed by atoms with Crippen LogP contribution < -0.4 is 5.32 Å². The van der Waals surface area contributed by atoms with Gasteiger partial charge in [-0.15, -0.1) is 0 Å². The highest BCUT2D eigenvalue weighted by atomic mass is 79.9. The molecule has 0 saturated heterocycles. The van der Waals surface area contributed by atoms with Gasteiger partial charge in [0.15, 0.2) is 0 Å². The summed E-state index contributed by atoms with van der Waals surface area (Å²) >= 11 is 3.45. The van der Waals surface area contributed by atoms with Crippen molar-refractivity contribution in [2.24, 2.45) is 0 Å². The van der Waals surface area contributed by atoms with Crippen molar-refractivity contribution in [1.82, 2.24) is 9.88 Å². The molecule has 0 atom stereocenters. The van der Waals surface area contributed by atoms with Crippen LogP contribution in [-0.4, -0.2) is 22.8 Å². The van der Waals surface area contributed by atoms with Gasteiger partial charge in [0, 0.05) is 29.9 Å². The predicted octanol–water partition coefficient (Wildman–Crippen LogP) is 4.86. The van der Waals surface area contributed by atoms with Gasteiger partial charge in [0.2, 0.25) is 0 Å². The van der Waals surface area contributed by atoms with E-state index >= 15 is 0 Å². The van der Waals surface area contributed by atoms with Crippen LogP contribution in [0, 0.1) is 0 Å². The summed E-state index contributed by atoms with van der Waals surface area (Å²) in [4.78, 5) is 18.5. The zero-order valence-electron chi connectivity index (χ0n) is 13.8. The maximum absolute atomic E-state index is 12.7. The lowest BCUT2D eigenvalue weighted by Crippen LogP contribution is -2.26.